The minimum absolute atomic E-state index is 0.306. The molecule has 1 heterocycles. The number of aromatic nitrogens is 2. The van der Waals surface area contributed by atoms with Gasteiger partial charge >= 0.3 is 5.69 Å². The van der Waals surface area contributed by atoms with Crippen LogP contribution in [0.3, 0.4) is 0 Å². The van der Waals surface area contributed by atoms with Crippen LogP contribution in [-0.2, 0) is 13.1 Å². The Hall–Kier alpha value is -1.86. The lowest BCUT2D eigenvalue weighted by Crippen LogP contribution is -2.41. The fraction of sp³-hybridized carbons (Fsp3) is 0.286. The van der Waals surface area contributed by atoms with Crippen molar-refractivity contribution in [1.29, 1.82) is 0 Å². The molecular weight excluding hydrogens is 336 g/mol. The maximum absolute atomic E-state index is 12.5. The molecule has 1 aromatic carbocycles. The van der Waals surface area contributed by atoms with Crippen molar-refractivity contribution in [3.05, 3.63) is 61.2 Å². The van der Waals surface area contributed by atoms with E-state index < -0.39 is 0 Å². The van der Waals surface area contributed by atoms with Gasteiger partial charge in [0.2, 0.25) is 0 Å². The first-order valence-electron chi connectivity index (χ1n) is 6.62. The highest BCUT2D eigenvalue weighted by Crippen LogP contribution is 2.12. The van der Waals surface area contributed by atoms with Gasteiger partial charge in [0.25, 0.3) is 5.56 Å². The second kappa shape index (κ2) is 6.73. The van der Waals surface area contributed by atoms with Gasteiger partial charge in [0, 0.05) is 17.1 Å². The topological polar surface area (TPSA) is 82.0 Å². The fourth-order valence-corrected chi connectivity index (χ4v) is 2.35. The summed E-state index contributed by atoms with van der Waals surface area (Å²) in [6.45, 7) is 2.65. The SMILES string of the molecule is CCCn1c(=O)cc(NN)n(Cc2ccc(Br)cc2)c1=O. The van der Waals surface area contributed by atoms with Crippen LogP contribution in [-0.4, -0.2) is 9.13 Å². The molecule has 0 amide bonds. The summed E-state index contributed by atoms with van der Waals surface area (Å²) >= 11 is 3.37. The number of rotatable bonds is 5. The van der Waals surface area contributed by atoms with Gasteiger partial charge in [-0.05, 0) is 24.1 Å². The number of anilines is 1. The monoisotopic (exact) mass is 352 g/mol. The third-order valence-electron chi connectivity index (χ3n) is 3.13. The molecule has 0 spiro atoms. The predicted octanol–water partition coefficient (Wildman–Crippen LogP) is 1.52. The molecule has 0 aliphatic rings. The standard InChI is InChI=1S/C14H17BrN4O2/c1-2-7-18-13(20)8-12(17-16)19(14(18)21)9-10-3-5-11(15)6-4-10/h3-6,8,17H,2,7,9,16H2,1H3. The van der Waals surface area contributed by atoms with Crippen LogP contribution >= 0.6 is 15.9 Å². The highest BCUT2D eigenvalue weighted by Gasteiger charge is 2.10. The van der Waals surface area contributed by atoms with Crippen LogP contribution in [0.1, 0.15) is 18.9 Å². The van der Waals surface area contributed by atoms with E-state index in [0.717, 1.165) is 10.0 Å². The van der Waals surface area contributed by atoms with Gasteiger partial charge in [-0.1, -0.05) is 35.0 Å². The average Bonchev–Trinajstić information content (AvgIpc) is 2.48. The molecule has 2 aromatic rings. The molecule has 2 rings (SSSR count). The van der Waals surface area contributed by atoms with Crippen LogP contribution in [0.15, 0.2) is 44.4 Å². The number of nitrogen functional groups attached to an aromatic ring is 1. The van der Waals surface area contributed by atoms with E-state index in [1.807, 2.05) is 31.2 Å². The van der Waals surface area contributed by atoms with E-state index in [1.165, 1.54) is 15.2 Å². The number of nitrogens with zero attached hydrogens (tertiary/aromatic N) is 2. The quantitative estimate of drug-likeness (QED) is 0.631. The maximum atomic E-state index is 12.5. The smallest absolute Gasteiger partial charge is 0.310 e. The Kier molecular flexibility index (Phi) is 4.98. The van der Waals surface area contributed by atoms with Gasteiger partial charge in [-0.15, -0.1) is 0 Å². The summed E-state index contributed by atoms with van der Waals surface area (Å²) in [5, 5.41) is 0. The Morgan fingerprint density at radius 3 is 2.43 bits per heavy atom. The zero-order chi connectivity index (χ0) is 15.4. The zero-order valence-corrected chi connectivity index (χ0v) is 13.3. The van der Waals surface area contributed by atoms with Gasteiger partial charge in [-0.3, -0.25) is 13.9 Å². The van der Waals surface area contributed by atoms with E-state index in [9.17, 15) is 9.59 Å². The summed E-state index contributed by atoms with van der Waals surface area (Å²) in [5.41, 5.74) is 2.66. The normalized spacial score (nSPS) is 10.6. The Morgan fingerprint density at radius 2 is 1.86 bits per heavy atom. The van der Waals surface area contributed by atoms with Crippen molar-refractivity contribution in [2.24, 2.45) is 5.84 Å². The highest BCUT2D eigenvalue weighted by molar-refractivity contribution is 9.10. The Balaban J connectivity index is 2.50. The molecule has 3 N–H and O–H groups in total. The molecule has 112 valence electrons. The summed E-state index contributed by atoms with van der Waals surface area (Å²) in [4.78, 5) is 24.4. The van der Waals surface area contributed by atoms with E-state index in [4.69, 9.17) is 5.84 Å². The summed E-state index contributed by atoms with van der Waals surface area (Å²) in [7, 11) is 0. The maximum Gasteiger partial charge on any atom is 0.332 e. The lowest BCUT2D eigenvalue weighted by molar-refractivity contribution is 0.568. The lowest BCUT2D eigenvalue weighted by Gasteiger charge is -2.14. The zero-order valence-electron chi connectivity index (χ0n) is 11.7. The Bertz CT molecular complexity index is 734. The van der Waals surface area contributed by atoms with Crippen molar-refractivity contribution in [1.82, 2.24) is 9.13 Å². The van der Waals surface area contributed by atoms with E-state index >= 15 is 0 Å². The fourth-order valence-electron chi connectivity index (χ4n) is 2.09. The Morgan fingerprint density at radius 1 is 1.19 bits per heavy atom. The van der Waals surface area contributed by atoms with Crippen LogP contribution in [0.25, 0.3) is 0 Å². The van der Waals surface area contributed by atoms with Gasteiger partial charge in [-0.25, -0.2) is 10.6 Å². The van der Waals surface area contributed by atoms with Gasteiger partial charge in [-0.2, -0.15) is 0 Å². The molecule has 7 heteroatoms. The van der Waals surface area contributed by atoms with Crippen molar-refractivity contribution in [3.63, 3.8) is 0 Å². The number of hydrazine groups is 1. The number of hydrogen-bond acceptors (Lipinski definition) is 4. The number of nitrogens with two attached hydrogens (primary N) is 1. The van der Waals surface area contributed by atoms with E-state index in [0.29, 0.717) is 25.3 Å². The first kappa shape index (κ1) is 15.5. The van der Waals surface area contributed by atoms with Gasteiger partial charge < -0.3 is 5.43 Å². The van der Waals surface area contributed by atoms with Crippen LogP contribution in [0.5, 0.6) is 0 Å². The number of halogens is 1. The largest absolute Gasteiger partial charge is 0.332 e. The molecule has 0 radical (unpaired) electrons. The number of benzene rings is 1. The molecule has 0 saturated carbocycles. The van der Waals surface area contributed by atoms with Crippen molar-refractivity contribution in [3.8, 4) is 0 Å². The number of hydrogen-bond donors (Lipinski definition) is 2. The van der Waals surface area contributed by atoms with Crippen LogP contribution in [0.4, 0.5) is 5.82 Å². The van der Waals surface area contributed by atoms with Crippen LogP contribution < -0.4 is 22.5 Å². The van der Waals surface area contributed by atoms with Gasteiger partial charge in [0.1, 0.15) is 5.82 Å². The molecule has 0 atom stereocenters. The molecule has 6 nitrogen and oxygen atoms in total. The third kappa shape index (κ3) is 3.43. The summed E-state index contributed by atoms with van der Waals surface area (Å²) in [5.74, 6) is 5.73. The second-order valence-electron chi connectivity index (χ2n) is 4.66. The average molecular weight is 353 g/mol. The molecule has 0 saturated heterocycles. The van der Waals surface area contributed by atoms with E-state index in [1.54, 1.807) is 0 Å². The lowest BCUT2D eigenvalue weighted by atomic mass is 10.2. The van der Waals surface area contributed by atoms with E-state index in [2.05, 4.69) is 21.4 Å². The molecule has 21 heavy (non-hydrogen) atoms. The first-order chi connectivity index (χ1) is 10.1. The van der Waals surface area contributed by atoms with Crippen LogP contribution in [0.2, 0.25) is 0 Å². The van der Waals surface area contributed by atoms with Crippen molar-refractivity contribution in [2.75, 3.05) is 5.43 Å². The van der Waals surface area contributed by atoms with Crippen LogP contribution in [0, 0.1) is 0 Å². The molecule has 0 aliphatic heterocycles. The molecule has 0 aliphatic carbocycles. The summed E-state index contributed by atoms with van der Waals surface area (Å²) in [6.07, 6.45) is 0.711. The molecule has 0 unspecified atom stereocenters. The summed E-state index contributed by atoms with van der Waals surface area (Å²) < 4.78 is 3.65. The Labute approximate surface area is 130 Å². The highest BCUT2D eigenvalue weighted by atomic mass is 79.9. The molecule has 0 fully saturated rings. The second-order valence-corrected chi connectivity index (χ2v) is 5.57. The van der Waals surface area contributed by atoms with Crippen molar-refractivity contribution >= 4 is 21.7 Å². The predicted molar refractivity (Wildman–Crippen MR) is 86.3 cm³/mol. The summed E-state index contributed by atoms with van der Waals surface area (Å²) in [6, 6.07) is 8.96. The third-order valence-corrected chi connectivity index (χ3v) is 3.66. The first-order valence-corrected chi connectivity index (χ1v) is 7.42. The minimum Gasteiger partial charge on any atom is -0.310 e. The van der Waals surface area contributed by atoms with Crippen molar-refractivity contribution < 1.29 is 0 Å². The van der Waals surface area contributed by atoms with Gasteiger partial charge in [0.15, 0.2) is 0 Å². The van der Waals surface area contributed by atoms with Crippen molar-refractivity contribution in [2.45, 2.75) is 26.4 Å². The van der Waals surface area contributed by atoms with Gasteiger partial charge in [0.05, 0.1) is 6.54 Å². The molecule has 0 bridgehead atoms. The molecule has 1 aromatic heterocycles. The molecular formula is C14H17BrN4O2. The van der Waals surface area contributed by atoms with E-state index in [-0.39, 0.29) is 11.2 Å². The number of nitrogens with one attached hydrogen (secondary N) is 1. The minimum atomic E-state index is -0.361.